The summed E-state index contributed by atoms with van der Waals surface area (Å²) in [6.07, 6.45) is 2.99. The molecule has 6 nitrogen and oxygen atoms in total. The van der Waals surface area contributed by atoms with E-state index >= 15 is 0 Å². The normalized spacial score (nSPS) is 16.0. The lowest BCUT2D eigenvalue weighted by atomic mass is 9.91. The highest BCUT2D eigenvalue weighted by atomic mass is 35.5. The summed E-state index contributed by atoms with van der Waals surface area (Å²) >= 11 is 6.32. The predicted octanol–water partition coefficient (Wildman–Crippen LogP) is 7.66. The van der Waals surface area contributed by atoms with Gasteiger partial charge in [0.15, 0.2) is 0 Å². The minimum atomic E-state index is -0.485. The van der Waals surface area contributed by atoms with Gasteiger partial charge in [0, 0.05) is 23.2 Å². The zero-order chi connectivity index (χ0) is 28.2. The third-order valence-electron chi connectivity index (χ3n) is 6.49. The van der Waals surface area contributed by atoms with Crippen molar-refractivity contribution in [2.24, 2.45) is 5.92 Å². The number of likely N-dealkylation sites (tertiary alicyclic amines) is 1. The minimum Gasteiger partial charge on any atom is -0.361 e. The zero-order valence-corrected chi connectivity index (χ0v) is 24.5. The molecule has 1 fully saturated rings. The summed E-state index contributed by atoms with van der Waals surface area (Å²) in [6.45, 7) is 14.5. The first-order chi connectivity index (χ1) is 18.4. The van der Waals surface area contributed by atoms with Gasteiger partial charge in [-0.1, -0.05) is 101 Å². The lowest BCUT2D eigenvalue weighted by Crippen LogP contribution is -2.48. The van der Waals surface area contributed by atoms with Crippen LogP contribution in [-0.2, 0) is 9.59 Å². The highest BCUT2D eigenvalue weighted by molar-refractivity contribution is 6.33. The Balaban J connectivity index is 0.00000121. The summed E-state index contributed by atoms with van der Waals surface area (Å²) in [4.78, 5) is 28.3. The molecule has 3 unspecified atom stereocenters. The molecule has 206 valence electrons. The smallest absolute Gasteiger partial charge is 0.243 e. The van der Waals surface area contributed by atoms with Crippen molar-refractivity contribution < 1.29 is 14.1 Å². The second-order valence-corrected chi connectivity index (χ2v) is 9.57. The summed E-state index contributed by atoms with van der Waals surface area (Å²) in [7, 11) is 0. The van der Waals surface area contributed by atoms with Crippen molar-refractivity contribution in [3.8, 4) is 11.1 Å². The number of nitrogens with zero attached hydrogens (tertiary/aromatic N) is 2. The molecule has 1 N–H and O–H groups in total. The van der Waals surface area contributed by atoms with E-state index in [4.69, 9.17) is 16.1 Å². The van der Waals surface area contributed by atoms with E-state index in [1.807, 2.05) is 97.0 Å². The number of carbonyl (C=O) groups is 2. The van der Waals surface area contributed by atoms with Crippen LogP contribution in [-0.4, -0.2) is 34.5 Å². The van der Waals surface area contributed by atoms with Crippen LogP contribution in [0.3, 0.4) is 0 Å². The Morgan fingerprint density at radius 1 is 1.00 bits per heavy atom. The van der Waals surface area contributed by atoms with Crippen molar-refractivity contribution in [1.82, 2.24) is 15.4 Å². The Kier molecular flexibility index (Phi) is 12.5. The van der Waals surface area contributed by atoms with Gasteiger partial charge in [0.05, 0.1) is 12.2 Å². The van der Waals surface area contributed by atoms with E-state index in [9.17, 15) is 9.59 Å². The van der Waals surface area contributed by atoms with Crippen LogP contribution in [0.4, 0.5) is 0 Å². The van der Waals surface area contributed by atoms with Crippen LogP contribution in [0, 0.1) is 5.92 Å². The van der Waals surface area contributed by atoms with Crippen molar-refractivity contribution in [2.45, 2.75) is 79.3 Å². The highest BCUT2D eigenvalue weighted by Gasteiger charge is 2.40. The largest absolute Gasteiger partial charge is 0.361 e. The van der Waals surface area contributed by atoms with Gasteiger partial charge in [-0.3, -0.25) is 9.59 Å². The molecular formula is C31H42ClN3O3. The molecule has 4 rings (SSSR count). The first kappa shape index (κ1) is 31.1. The molecule has 38 heavy (non-hydrogen) atoms. The quantitative estimate of drug-likeness (QED) is 0.334. The van der Waals surface area contributed by atoms with Crippen LogP contribution in [0.25, 0.3) is 11.1 Å². The number of nitrogens with one attached hydrogen (secondary N) is 1. The van der Waals surface area contributed by atoms with Gasteiger partial charge < -0.3 is 14.7 Å². The maximum absolute atomic E-state index is 13.4. The Hall–Kier alpha value is -3.12. The number of aromatic nitrogens is 1. The maximum atomic E-state index is 13.4. The number of halogens is 1. The lowest BCUT2D eigenvalue weighted by Gasteiger charge is -2.29. The van der Waals surface area contributed by atoms with E-state index in [-0.39, 0.29) is 23.8 Å². The van der Waals surface area contributed by atoms with Gasteiger partial charge in [-0.15, -0.1) is 0 Å². The Morgan fingerprint density at radius 3 is 2.24 bits per heavy atom. The average Bonchev–Trinajstić information content (AvgIpc) is 3.64. The van der Waals surface area contributed by atoms with Crippen molar-refractivity contribution in [3.63, 3.8) is 0 Å². The molecule has 0 bridgehead atoms. The van der Waals surface area contributed by atoms with Gasteiger partial charge in [0.25, 0.3) is 0 Å². The van der Waals surface area contributed by atoms with Gasteiger partial charge in [0.1, 0.15) is 17.7 Å². The van der Waals surface area contributed by atoms with Crippen LogP contribution in [0.5, 0.6) is 0 Å². The molecule has 0 saturated carbocycles. The first-order valence-corrected chi connectivity index (χ1v) is 14.1. The van der Waals surface area contributed by atoms with E-state index in [2.05, 4.69) is 10.5 Å². The van der Waals surface area contributed by atoms with Gasteiger partial charge in [-0.25, -0.2) is 0 Å². The Labute approximate surface area is 232 Å². The molecule has 0 spiro atoms. The van der Waals surface area contributed by atoms with E-state index < -0.39 is 12.0 Å². The molecule has 0 radical (unpaired) electrons. The second-order valence-electron chi connectivity index (χ2n) is 9.16. The summed E-state index contributed by atoms with van der Waals surface area (Å²) in [5.74, 6) is -0.0983. The zero-order valence-electron chi connectivity index (χ0n) is 23.7. The molecule has 1 aromatic heterocycles. The van der Waals surface area contributed by atoms with E-state index in [1.165, 1.54) is 0 Å². The molecule has 2 amide bonds. The van der Waals surface area contributed by atoms with Crippen LogP contribution in [0.2, 0.25) is 5.02 Å². The fraction of sp³-hybridized carbons (Fsp3) is 0.452. The average molecular weight is 540 g/mol. The standard InChI is InChI=1S/C27H30ClN3O3.2C2H6/c1-17(2)25(24-14-15-29-34-24)27(33)31-16-6-9-23(31)26(32)30-18(3)19-10-12-20(13-11-19)21-7-4-5-8-22(21)28;2*1-2/h4-5,7-8,10-15,17-18,23,25H,6,9,16H2,1-3H3,(H,30,32);2*1-2H3. The van der Waals surface area contributed by atoms with Gasteiger partial charge in [-0.05, 0) is 42.9 Å². The van der Waals surface area contributed by atoms with Crippen molar-refractivity contribution in [1.29, 1.82) is 0 Å². The SMILES string of the molecule is CC.CC.CC(NC(=O)C1CCCN1C(=O)C(c1ccno1)C(C)C)c1ccc(-c2ccccc2Cl)cc1. The molecule has 2 aromatic carbocycles. The molecule has 0 aliphatic carbocycles. The lowest BCUT2D eigenvalue weighted by molar-refractivity contribution is -0.141. The van der Waals surface area contributed by atoms with Gasteiger partial charge in [-0.2, -0.15) is 0 Å². The van der Waals surface area contributed by atoms with Crippen molar-refractivity contribution in [2.75, 3.05) is 6.54 Å². The summed E-state index contributed by atoms with van der Waals surface area (Å²) in [6, 6.07) is 16.8. The highest BCUT2D eigenvalue weighted by Crippen LogP contribution is 2.31. The molecule has 7 heteroatoms. The Bertz CT molecular complexity index is 1130. The topological polar surface area (TPSA) is 75.4 Å². The number of amides is 2. The van der Waals surface area contributed by atoms with E-state index in [0.29, 0.717) is 23.7 Å². The second kappa shape index (κ2) is 15.3. The van der Waals surface area contributed by atoms with Crippen LogP contribution >= 0.6 is 11.6 Å². The van der Waals surface area contributed by atoms with E-state index in [1.54, 1.807) is 17.2 Å². The summed E-state index contributed by atoms with van der Waals surface area (Å²) in [5, 5.41) is 7.56. The molecule has 1 aliphatic heterocycles. The van der Waals surface area contributed by atoms with E-state index in [0.717, 1.165) is 23.1 Å². The van der Waals surface area contributed by atoms with Crippen LogP contribution in [0.1, 0.15) is 84.6 Å². The summed E-state index contributed by atoms with van der Waals surface area (Å²) in [5.41, 5.74) is 2.98. The van der Waals surface area contributed by atoms with Crippen LogP contribution in [0.15, 0.2) is 65.3 Å². The summed E-state index contributed by atoms with van der Waals surface area (Å²) < 4.78 is 5.30. The fourth-order valence-electron chi connectivity index (χ4n) is 4.64. The maximum Gasteiger partial charge on any atom is 0.243 e. The molecule has 1 aliphatic rings. The molecule has 2 heterocycles. The molecule has 3 aromatic rings. The third kappa shape index (κ3) is 7.47. The van der Waals surface area contributed by atoms with Gasteiger partial charge in [0.2, 0.25) is 11.8 Å². The number of benzene rings is 2. The number of carbonyl (C=O) groups excluding carboxylic acids is 2. The number of rotatable bonds is 7. The van der Waals surface area contributed by atoms with Crippen molar-refractivity contribution in [3.05, 3.63) is 77.1 Å². The van der Waals surface area contributed by atoms with Gasteiger partial charge >= 0.3 is 0 Å². The fourth-order valence-corrected chi connectivity index (χ4v) is 4.89. The number of hydrogen-bond acceptors (Lipinski definition) is 4. The monoisotopic (exact) mass is 539 g/mol. The van der Waals surface area contributed by atoms with Crippen molar-refractivity contribution >= 4 is 23.4 Å². The predicted molar refractivity (Wildman–Crippen MR) is 155 cm³/mol. The molecule has 3 atom stereocenters. The third-order valence-corrected chi connectivity index (χ3v) is 6.82. The number of hydrogen-bond donors (Lipinski definition) is 1. The molecular weight excluding hydrogens is 498 g/mol. The minimum absolute atomic E-state index is 0.0281. The Morgan fingerprint density at radius 2 is 1.66 bits per heavy atom. The first-order valence-electron chi connectivity index (χ1n) is 13.7. The molecule has 1 saturated heterocycles. The van der Waals surface area contributed by atoms with Crippen LogP contribution < -0.4 is 5.32 Å².